The van der Waals surface area contributed by atoms with E-state index in [1.807, 2.05) is 30.3 Å². The van der Waals surface area contributed by atoms with Gasteiger partial charge in [0.25, 0.3) is 15.9 Å². The number of aryl methyl sites for hydroxylation is 2. The molecule has 1 aliphatic carbocycles. The standard InChI is InChI=1S/C17H17F2N5O2S/c1-11-15(12-6-4-3-5-7-12)16(23(2)20-11)22-27(25,26)14-8-9-24(21-14)13-10-17(13,18)19/h3-9,13,22H,10H2,1-2H3. The molecule has 0 amide bonds. The maximum Gasteiger partial charge on any atom is 0.282 e. The van der Waals surface area contributed by atoms with E-state index in [4.69, 9.17) is 0 Å². The molecule has 1 aliphatic rings. The Labute approximate surface area is 154 Å². The summed E-state index contributed by atoms with van der Waals surface area (Å²) in [7, 11) is -2.44. The Kier molecular flexibility index (Phi) is 3.84. The molecule has 1 unspecified atom stereocenters. The van der Waals surface area contributed by atoms with E-state index in [1.54, 1.807) is 14.0 Å². The van der Waals surface area contributed by atoms with Crippen LogP contribution in [-0.4, -0.2) is 33.9 Å². The number of hydrogen-bond donors (Lipinski definition) is 1. The van der Waals surface area contributed by atoms with E-state index in [2.05, 4.69) is 14.9 Å². The van der Waals surface area contributed by atoms with Gasteiger partial charge >= 0.3 is 0 Å². The normalized spacial score (nSPS) is 18.4. The molecular weight excluding hydrogens is 376 g/mol. The topological polar surface area (TPSA) is 81.8 Å². The summed E-state index contributed by atoms with van der Waals surface area (Å²) in [5.41, 5.74) is 2.11. The minimum absolute atomic E-state index is 0.282. The van der Waals surface area contributed by atoms with Gasteiger partial charge in [-0.3, -0.25) is 14.1 Å². The third-order valence-electron chi connectivity index (χ3n) is 4.49. The number of halogens is 2. The number of nitrogens with zero attached hydrogens (tertiary/aromatic N) is 4. The predicted molar refractivity (Wildman–Crippen MR) is 95.0 cm³/mol. The number of anilines is 1. The van der Waals surface area contributed by atoms with E-state index >= 15 is 0 Å². The smallest absolute Gasteiger partial charge is 0.262 e. The highest BCUT2D eigenvalue weighted by molar-refractivity contribution is 7.92. The van der Waals surface area contributed by atoms with Crippen molar-refractivity contribution in [2.75, 3.05) is 4.72 Å². The summed E-state index contributed by atoms with van der Waals surface area (Å²) in [6.07, 6.45) is 0.924. The molecule has 142 valence electrons. The number of sulfonamides is 1. The Balaban J connectivity index is 1.68. The molecule has 10 heteroatoms. The Morgan fingerprint density at radius 3 is 2.48 bits per heavy atom. The van der Waals surface area contributed by atoms with Crippen molar-refractivity contribution in [3.8, 4) is 11.1 Å². The van der Waals surface area contributed by atoms with Crippen LogP contribution < -0.4 is 4.72 Å². The molecule has 1 atom stereocenters. The molecule has 2 heterocycles. The quantitative estimate of drug-likeness (QED) is 0.723. The second-order valence-corrected chi connectivity index (χ2v) is 8.15. The summed E-state index contributed by atoms with van der Waals surface area (Å²) in [4.78, 5) is 0. The molecule has 1 N–H and O–H groups in total. The van der Waals surface area contributed by atoms with Crippen molar-refractivity contribution in [1.82, 2.24) is 19.6 Å². The van der Waals surface area contributed by atoms with E-state index in [-0.39, 0.29) is 17.3 Å². The molecule has 1 aromatic carbocycles. The average molecular weight is 393 g/mol. The van der Waals surface area contributed by atoms with Crippen LogP contribution in [0.1, 0.15) is 18.2 Å². The van der Waals surface area contributed by atoms with Crippen LogP contribution in [0.3, 0.4) is 0 Å². The predicted octanol–water partition coefficient (Wildman–Crippen LogP) is 2.97. The van der Waals surface area contributed by atoms with Crippen molar-refractivity contribution in [2.24, 2.45) is 7.05 Å². The van der Waals surface area contributed by atoms with Gasteiger partial charge in [-0.1, -0.05) is 30.3 Å². The number of nitrogens with one attached hydrogen (secondary N) is 1. The summed E-state index contributed by atoms with van der Waals surface area (Å²) in [6.45, 7) is 1.78. The van der Waals surface area contributed by atoms with Gasteiger partial charge in [-0.15, -0.1) is 0 Å². The van der Waals surface area contributed by atoms with Gasteiger partial charge in [-0.25, -0.2) is 8.78 Å². The van der Waals surface area contributed by atoms with E-state index in [1.165, 1.54) is 16.9 Å². The Bertz CT molecular complexity index is 1110. The van der Waals surface area contributed by atoms with Crippen LogP contribution in [0, 0.1) is 6.92 Å². The fourth-order valence-electron chi connectivity index (χ4n) is 3.03. The van der Waals surface area contributed by atoms with Crippen molar-refractivity contribution in [3.05, 3.63) is 48.3 Å². The molecule has 1 fully saturated rings. The van der Waals surface area contributed by atoms with Crippen molar-refractivity contribution in [3.63, 3.8) is 0 Å². The molecule has 7 nitrogen and oxygen atoms in total. The fourth-order valence-corrected chi connectivity index (χ4v) is 4.06. The summed E-state index contributed by atoms with van der Waals surface area (Å²) in [5, 5.41) is 7.81. The first kappa shape index (κ1) is 17.7. The van der Waals surface area contributed by atoms with Gasteiger partial charge in [-0.2, -0.15) is 18.6 Å². The Hall–Kier alpha value is -2.75. The summed E-state index contributed by atoms with van der Waals surface area (Å²) >= 11 is 0. The molecule has 0 radical (unpaired) electrons. The van der Waals surface area contributed by atoms with E-state index in [0.717, 1.165) is 10.2 Å². The second kappa shape index (κ2) is 5.88. The number of aromatic nitrogens is 4. The number of benzene rings is 1. The van der Waals surface area contributed by atoms with Crippen molar-refractivity contribution >= 4 is 15.8 Å². The molecule has 0 aliphatic heterocycles. The first-order valence-electron chi connectivity index (χ1n) is 8.24. The molecule has 0 spiro atoms. The Morgan fingerprint density at radius 1 is 1.19 bits per heavy atom. The van der Waals surface area contributed by atoms with Gasteiger partial charge < -0.3 is 0 Å². The van der Waals surface area contributed by atoms with Crippen LogP contribution in [0.5, 0.6) is 0 Å². The lowest BCUT2D eigenvalue weighted by molar-refractivity contribution is 0.0981. The third kappa shape index (κ3) is 3.09. The Morgan fingerprint density at radius 2 is 1.85 bits per heavy atom. The maximum absolute atomic E-state index is 13.2. The van der Waals surface area contributed by atoms with Gasteiger partial charge in [0.15, 0.2) is 5.03 Å². The van der Waals surface area contributed by atoms with Crippen LogP contribution in [-0.2, 0) is 17.1 Å². The molecule has 0 bridgehead atoms. The van der Waals surface area contributed by atoms with Gasteiger partial charge in [0, 0.05) is 25.2 Å². The highest BCUT2D eigenvalue weighted by Gasteiger charge is 2.59. The molecular formula is C17H17F2N5O2S. The van der Waals surface area contributed by atoms with Crippen molar-refractivity contribution < 1.29 is 17.2 Å². The van der Waals surface area contributed by atoms with E-state index < -0.39 is 22.0 Å². The van der Waals surface area contributed by atoms with Gasteiger partial charge in [0.2, 0.25) is 0 Å². The van der Waals surface area contributed by atoms with Crippen LogP contribution in [0.25, 0.3) is 11.1 Å². The summed E-state index contributed by atoms with van der Waals surface area (Å²) in [5.74, 6) is -2.55. The van der Waals surface area contributed by atoms with Gasteiger partial charge in [-0.05, 0) is 18.6 Å². The molecule has 0 saturated heterocycles. The molecule has 2 aromatic heterocycles. The van der Waals surface area contributed by atoms with Crippen LogP contribution in [0.2, 0.25) is 0 Å². The molecule has 27 heavy (non-hydrogen) atoms. The third-order valence-corrected chi connectivity index (χ3v) is 5.72. The highest BCUT2D eigenvalue weighted by Crippen LogP contribution is 2.52. The summed E-state index contributed by atoms with van der Waals surface area (Å²) < 4.78 is 56.8. The number of rotatable bonds is 5. The molecule has 1 saturated carbocycles. The van der Waals surface area contributed by atoms with Gasteiger partial charge in [0.05, 0.1) is 5.69 Å². The molecule has 4 rings (SSSR count). The SMILES string of the molecule is Cc1nn(C)c(NS(=O)(=O)c2ccn(C3CC3(F)F)n2)c1-c1ccccc1. The number of hydrogen-bond acceptors (Lipinski definition) is 4. The lowest BCUT2D eigenvalue weighted by Crippen LogP contribution is -2.17. The van der Waals surface area contributed by atoms with Gasteiger partial charge in [0.1, 0.15) is 11.9 Å². The van der Waals surface area contributed by atoms with Crippen LogP contribution in [0.4, 0.5) is 14.6 Å². The van der Waals surface area contributed by atoms with Crippen LogP contribution >= 0.6 is 0 Å². The number of alkyl halides is 2. The zero-order chi connectivity index (χ0) is 19.4. The minimum Gasteiger partial charge on any atom is -0.262 e. The second-order valence-electron chi connectivity index (χ2n) is 6.52. The summed E-state index contributed by atoms with van der Waals surface area (Å²) in [6, 6.07) is 9.38. The lowest BCUT2D eigenvalue weighted by Gasteiger charge is -2.09. The minimum atomic E-state index is -4.06. The molecule has 3 aromatic rings. The monoisotopic (exact) mass is 393 g/mol. The van der Waals surface area contributed by atoms with E-state index in [0.29, 0.717) is 11.3 Å². The highest BCUT2D eigenvalue weighted by atomic mass is 32.2. The first-order chi connectivity index (χ1) is 12.7. The lowest BCUT2D eigenvalue weighted by atomic mass is 10.1. The zero-order valence-corrected chi connectivity index (χ0v) is 15.4. The largest absolute Gasteiger partial charge is 0.282 e. The van der Waals surface area contributed by atoms with Crippen LogP contribution in [0.15, 0.2) is 47.6 Å². The zero-order valence-electron chi connectivity index (χ0n) is 14.6. The van der Waals surface area contributed by atoms with Crippen molar-refractivity contribution in [2.45, 2.75) is 30.3 Å². The van der Waals surface area contributed by atoms with E-state index in [9.17, 15) is 17.2 Å². The maximum atomic E-state index is 13.2. The fraction of sp³-hybridized carbons (Fsp3) is 0.294. The van der Waals surface area contributed by atoms with Crippen molar-refractivity contribution in [1.29, 1.82) is 0 Å². The first-order valence-corrected chi connectivity index (χ1v) is 9.72. The average Bonchev–Trinajstić information content (AvgIpc) is 2.96.